The van der Waals surface area contributed by atoms with Crippen molar-refractivity contribution in [2.75, 3.05) is 0 Å². The predicted molar refractivity (Wildman–Crippen MR) is 125 cm³/mol. The summed E-state index contributed by atoms with van der Waals surface area (Å²) in [4.78, 5) is 44.7. The molecule has 1 N–H and O–H groups in total. The van der Waals surface area contributed by atoms with E-state index in [0.717, 1.165) is 24.9 Å². The maximum atomic E-state index is 12.8. The molecule has 4 rings (SSSR count). The number of fused-ring (bicyclic) bond motifs is 1. The molecule has 0 saturated heterocycles. The van der Waals surface area contributed by atoms with Crippen LogP contribution in [0.5, 0.6) is 0 Å². The molecule has 0 aliphatic carbocycles. The molecule has 0 aliphatic rings. The van der Waals surface area contributed by atoms with Crippen LogP contribution in [0, 0.1) is 0 Å². The van der Waals surface area contributed by atoms with Crippen LogP contribution in [0.15, 0.2) is 58.4 Å². The van der Waals surface area contributed by atoms with Crippen molar-refractivity contribution in [2.45, 2.75) is 52.8 Å². The first-order valence-electron chi connectivity index (χ1n) is 11.2. The van der Waals surface area contributed by atoms with Crippen LogP contribution in [-0.4, -0.2) is 29.6 Å². The van der Waals surface area contributed by atoms with E-state index in [9.17, 15) is 14.4 Å². The van der Waals surface area contributed by atoms with Crippen molar-refractivity contribution >= 4 is 17.1 Å². The largest absolute Gasteiger partial charge is 0.454 e. The number of nitrogens with zero attached hydrogens (tertiary/aromatic N) is 4. The van der Waals surface area contributed by atoms with Crippen LogP contribution < -0.4 is 11.2 Å². The summed E-state index contributed by atoms with van der Waals surface area (Å²) in [5, 5.41) is 0. The van der Waals surface area contributed by atoms with E-state index in [4.69, 9.17) is 4.74 Å². The van der Waals surface area contributed by atoms with Gasteiger partial charge in [0.05, 0.1) is 5.56 Å². The molecule has 9 heteroatoms. The van der Waals surface area contributed by atoms with Gasteiger partial charge in [-0.05, 0) is 43.2 Å². The smallest absolute Gasteiger partial charge is 0.338 e. The SMILES string of the molecule is CCCCn1c(=O)[nH]c(=O)c2c1nc(COC(=O)c1cccc(-n3cccc3)c1)n2CCC. The molecule has 0 amide bonds. The molecule has 1 aromatic carbocycles. The lowest BCUT2D eigenvalue weighted by Gasteiger charge is -2.09. The van der Waals surface area contributed by atoms with Gasteiger partial charge in [-0.3, -0.25) is 14.3 Å². The first kappa shape index (κ1) is 22.3. The number of nitrogens with one attached hydrogen (secondary N) is 1. The summed E-state index contributed by atoms with van der Waals surface area (Å²) in [7, 11) is 0. The Morgan fingerprint density at radius 2 is 1.82 bits per heavy atom. The third-order valence-electron chi connectivity index (χ3n) is 5.46. The molecule has 33 heavy (non-hydrogen) atoms. The zero-order chi connectivity index (χ0) is 23.4. The molecular formula is C24H27N5O4. The monoisotopic (exact) mass is 449 g/mol. The lowest BCUT2D eigenvalue weighted by Crippen LogP contribution is -2.31. The zero-order valence-corrected chi connectivity index (χ0v) is 18.8. The summed E-state index contributed by atoms with van der Waals surface area (Å²) >= 11 is 0. The van der Waals surface area contributed by atoms with Crippen LogP contribution in [0.2, 0.25) is 0 Å². The summed E-state index contributed by atoms with van der Waals surface area (Å²) in [5.74, 6) is -0.0560. The van der Waals surface area contributed by atoms with Gasteiger partial charge in [-0.25, -0.2) is 14.6 Å². The third-order valence-corrected chi connectivity index (χ3v) is 5.46. The van der Waals surface area contributed by atoms with E-state index in [2.05, 4.69) is 9.97 Å². The molecule has 0 saturated carbocycles. The van der Waals surface area contributed by atoms with Gasteiger partial charge < -0.3 is 13.9 Å². The number of H-pyrrole nitrogens is 1. The van der Waals surface area contributed by atoms with Gasteiger partial charge in [-0.15, -0.1) is 0 Å². The van der Waals surface area contributed by atoms with E-state index in [1.54, 1.807) is 22.8 Å². The van der Waals surface area contributed by atoms with Crippen molar-refractivity contribution < 1.29 is 9.53 Å². The van der Waals surface area contributed by atoms with Gasteiger partial charge in [0.15, 0.2) is 11.2 Å². The van der Waals surface area contributed by atoms with Crippen LogP contribution in [0.1, 0.15) is 49.3 Å². The second-order valence-electron chi connectivity index (χ2n) is 7.83. The number of benzene rings is 1. The number of unbranched alkanes of at least 4 members (excludes halogenated alkanes) is 1. The fraction of sp³-hybridized carbons (Fsp3) is 0.333. The van der Waals surface area contributed by atoms with Crippen molar-refractivity contribution in [3.05, 3.63) is 81.0 Å². The second-order valence-corrected chi connectivity index (χ2v) is 7.83. The Hall–Kier alpha value is -3.88. The van der Waals surface area contributed by atoms with Crippen LogP contribution >= 0.6 is 0 Å². The van der Waals surface area contributed by atoms with E-state index in [1.807, 2.05) is 49.0 Å². The molecule has 0 unspecified atom stereocenters. The van der Waals surface area contributed by atoms with Gasteiger partial charge in [0, 0.05) is 31.2 Å². The summed E-state index contributed by atoms with van der Waals surface area (Å²) in [6.45, 7) is 4.87. The minimum absolute atomic E-state index is 0.108. The minimum atomic E-state index is -0.489. The number of hydrogen-bond acceptors (Lipinski definition) is 5. The van der Waals surface area contributed by atoms with E-state index in [1.165, 1.54) is 4.57 Å². The van der Waals surface area contributed by atoms with Crippen molar-refractivity contribution in [1.29, 1.82) is 0 Å². The highest BCUT2D eigenvalue weighted by molar-refractivity contribution is 5.90. The number of esters is 1. The van der Waals surface area contributed by atoms with Gasteiger partial charge in [0.1, 0.15) is 12.4 Å². The van der Waals surface area contributed by atoms with Crippen molar-refractivity contribution in [2.24, 2.45) is 0 Å². The quantitative estimate of drug-likeness (QED) is 0.395. The average Bonchev–Trinajstić information content (AvgIpc) is 3.47. The van der Waals surface area contributed by atoms with Gasteiger partial charge in [0.2, 0.25) is 0 Å². The van der Waals surface area contributed by atoms with Crippen molar-refractivity contribution in [1.82, 2.24) is 23.7 Å². The highest BCUT2D eigenvalue weighted by Gasteiger charge is 2.19. The number of carbonyl (C=O) groups is 1. The standard InChI is InChI=1S/C24H27N5O4/c1-3-5-14-29-21-20(22(30)26-24(29)32)28(11-4-2)19(25-21)16-33-23(31)17-9-8-10-18(15-17)27-12-6-7-13-27/h6-10,12-13,15H,3-5,11,14,16H2,1-2H3,(H,26,30,32). The lowest BCUT2D eigenvalue weighted by molar-refractivity contribution is 0.0458. The number of carbonyl (C=O) groups excluding carboxylic acids is 1. The Balaban J connectivity index is 1.64. The van der Waals surface area contributed by atoms with Crippen LogP contribution in [0.25, 0.3) is 16.9 Å². The maximum Gasteiger partial charge on any atom is 0.338 e. The molecule has 3 heterocycles. The Morgan fingerprint density at radius 3 is 2.55 bits per heavy atom. The molecule has 0 bridgehead atoms. The summed E-state index contributed by atoms with van der Waals surface area (Å²) in [6, 6.07) is 11.0. The summed E-state index contributed by atoms with van der Waals surface area (Å²) < 4.78 is 10.7. The predicted octanol–water partition coefficient (Wildman–Crippen LogP) is 3.24. The Labute approximate surface area is 190 Å². The lowest BCUT2D eigenvalue weighted by atomic mass is 10.2. The number of aryl methyl sites for hydroxylation is 2. The molecule has 3 aromatic heterocycles. The maximum absolute atomic E-state index is 12.8. The number of hydrogen-bond donors (Lipinski definition) is 1. The molecule has 0 fully saturated rings. The first-order valence-corrected chi connectivity index (χ1v) is 11.2. The van der Waals surface area contributed by atoms with Crippen LogP contribution in [0.4, 0.5) is 0 Å². The molecule has 0 spiro atoms. The first-order chi connectivity index (χ1) is 16.0. The number of aromatic amines is 1. The van der Waals surface area contributed by atoms with E-state index in [0.29, 0.717) is 35.6 Å². The number of rotatable bonds is 9. The number of imidazole rings is 1. The number of aromatic nitrogens is 5. The topological polar surface area (TPSA) is 104 Å². The Morgan fingerprint density at radius 1 is 1.03 bits per heavy atom. The van der Waals surface area contributed by atoms with E-state index < -0.39 is 17.2 Å². The Kier molecular flexibility index (Phi) is 6.58. The third kappa shape index (κ3) is 4.52. The molecule has 0 radical (unpaired) electrons. The van der Waals surface area contributed by atoms with Crippen LogP contribution in [-0.2, 0) is 24.4 Å². The van der Waals surface area contributed by atoms with Gasteiger partial charge in [0.25, 0.3) is 5.56 Å². The average molecular weight is 450 g/mol. The molecule has 0 atom stereocenters. The number of ether oxygens (including phenoxy) is 1. The fourth-order valence-corrected chi connectivity index (χ4v) is 3.83. The molecule has 0 aliphatic heterocycles. The van der Waals surface area contributed by atoms with Crippen LogP contribution in [0.3, 0.4) is 0 Å². The highest BCUT2D eigenvalue weighted by atomic mass is 16.5. The molecule has 9 nitrogen and oxygen atoms in total. The van der Waals surface area contributed by atoms with Gasteiger partial charge in [-0.2, -0.15) is 0 Å². The zero-order valence-electron chi connectivity index (χ0n) is 18.8. The fourth-order valence-electron chi connectivity index (χ4n) is 3.83. The van der Waals surface area contributed by atoms with E-state index >= 15 is 0 Å². The highest BCUT2D eigenvalue weighted by Crippen LogP contribution is 2.16. The molecule has 172 valence electrons. The van der Waals surface area contributed by atoms with Gasteiger partial charge >= 0.3 is 11.7 Å². The molecular weight excluding hydrogens is 422 g/mol. The summed E-state index contributed by atoms with van der Waals surface area (Å²) in [5.41, 5.74) is 0.948. The van der Waals surface area contributed by atoms with Crippen molar-refractivity contribution in [3.8, 4) is 5.69 Å². The minimum Gasteiger partial charge on any atom is -0.454 e. The Bertz CT molecular complexity index is 1380. The summed E-state index contributed by atoms with van der Waals surface area (Å²) in [6.07, 6.45) is 6.22. The normalized spacial score (nSPS) is 11.2. The second kappa shape index (κ2) is 9.72. The molecule has 4 aromatic rings. The van der Waals surface area contributed by atoms with E-state index in [-0.39, 0.29) is 6.61 Å². The van der Waals surface area contributed by atoms with Gasteiger partial charge in [-0.1, -0.05) is 26.3 Å². The van der Waals surface area contributed by atoms with Crippen molar-refractivity contribution in [3.63, 3.8) is 0 Å².